The third-order valence-electron chi connectivity index (χ3n) is 5.04. The van der Waals surface area contributed by atoms with Crippen LogP contribution in [0.15, 0.2) is 6.07 Å². The lowest BCUT2D eigenvalue weighted by atomic mass is 9.98. The largest absolute Gasteiger partial charge is 0.337 e. The highest BCUT2D eigenvalue weighted by atomic mass is 16.2. The number of nitrogens with zero attached hydrogens (tertiary/aromatic N) is 3. The van der Waals surface area contributed by atoms with Gasteiger partial charge in [0.05, 0.1) is 0 Å². The number of amides is 1. The van der Waals surface area contributed by atoms with Crippen molar-refractivity contribution in [3.8, 4) is 0 Å². The second-order valence-electron chi connectivity index (χ2n) is 6.91. The Hall–Kier alpha value is -1.36. The molecule has 1 amide bonds. The van der Waals surface area contributed by atoms with Crippen molar-refractivity contribution in [1.29, 1.82) is 0 Å². The second-order valence-corrected chi connectivity index (χ2v) is 6.91. The lowest BCUT2D eigenvalue weighted by Crippen LogP contribution is -2.48. The van der Waals surface area contributed by atoms with Gasteiger partial charge in [-0.3, -0.25) is 9.48 Å². The van der Waals surface area contributed by atoms with Gasteiger partial charge in [0.25, 0.3) is 5.91 Å². The van der Waals surface area contributed by atoms with Crippen LogP contribution in [0.5, 0.6) is 0 Å². The van der Waals surface area contributed by atoms with Crippen LogP contribution in [0.25, 0.3) is 0 Å². The van der Waals surface area contributed by atoms with Gasteiger partial charge in [0.1, 0.15) is 0 Å². The zero-order chi connectivity index (χ0) is 15.1. The minimum absolute atomic E-state index is 0.0591. The van der Waals surface area contributed by atoms with Gasteiger partial charge in [0.15, 0.2) is 5.69 Å². The Labute approximate surface area is 126 Å². The van der Waals surface area contributed by atoms with Crippen LogP contribution < -0.4 is 5.32 Å². The fraction of sp³-hybridized carbons (Fsp3) is 0.750. The van der Waals surface area contributed by atoms with Gasteiger partial charge >= 0.3 is 0 Å². The molecule has 5 heteroatoms. The first-order valence-electron chi connectivity index (χ1n) is 8.03. The van der Waals surface area contributed by atoms with E-state index in [1.807, 2.05) is 29.7 Å². The van der Waals surface area contributed by atoms with Crippen molar-refractivity contribution >= 4 is 5.91 Å². The Balaban J connectivity index is 1.74. The Morgan fingerprint density at radius 2 is 2.00 bits per heavy atom. The summed E-state index contributed by atoms with van der Waals surface area (Å²) in [4.78, 5) is 14.6. The zero-order valence-electron chi connectivity index (χ0n) is 13.5. The normalized spacial score (nSPS) is 28.1. The molecule has 2 aliphatic rings. The first-order chi connectivity index (χ1) is 9.95. The Kier molecular flexibility index (Phi) is 3.78. The molecule has 1 N–H and O–H groups in total. The number of fused-ring (bicyclic) bond motifs is 2. The van der Waals surface area contributed by atoms with Gasteiger partial charge in [-0.2, -0.15) is 5.10 Å². The van der Waals surface area contributed by atoms with E-state index in [1.54, 1.807) is 0 Å². The van der Waals surface area contributed by atoms with Crippen molar-refractivity contribution in [2.75, 3.05) is 7.05 Å². The molecule has 1 aromatic rings. The van der Waals surface area contributed by atoms with E-state index < -0.39 is 0 Å². The van der Waals surface area contributed by atoms with E-state index in [4.69, 9.17) is 0 Å². The summed E-state index contributed by atoms with van der Waals surface area (Å²) < 4.78 is 1.83. The fourth-order valence-electron chi connectivity index (χ4n) is 3.82. The van der Waals surface area contributed by atoms with Crippen LogP contribution in [0.3, 0.4) is 0 Å². The number of rotatable bonds is 3. The number of hydrogen-bond donors (Lipinski definition) is 1. The van der Waals surface area contributed by atoms with Gasteiger partial charge in [0, 0.05) is 37.9 Å². The summed E-state index contributed by atoms with van der Waals surface area (Å²) in [5.74, 6) is 0.438. The molecule has 3 rings (SSSR count). The highest BCUT2D eigenvalue weighted by Gasteiger charge is 2.37. The van der Waals surface area contributed by atoms with Crippen molar-refractivity contribution in [2.45, 2.75) is 63.6 Å². The third kappa shape index (κ3) is 2.71. The number of piperidine rings is 1. The number of nitrogens with one attached hydrogen (secondary N) is 1. The molecular weight excluding hydrogens is 264 g/mol. The van der Waals surface area contributed by atoms with Crippen LogP contribution in [0.4, 0.5) is 0 Å². The van der Waals surface area contributed by atoms with E-state index in [1.165, 1.54) is 12.8 Å². The molecule has 2 unspecified atom stereocenters. The molecule has 116 valence electrons. The molecule has 2 saturated heterocycles. The summed E-state index contributed by atoms with van der Waals surface area (Å²) >= 11 is 0. The number of aryl methyl sites for hydroxylation is 1. The van der Waals surface area contributed by atoms with E-state index >= 15 is 0 Å². The van der Waals surface area contributed by atoms with Gasteiger partial charge in [-0.25, -0.2) is 0 Å². The summed E-state index contributed by atoms with van der Waals surface area (Å²) in [5.41, 5.74) is 1.69. The van der Waals surface area contributed by atoms with Gasteiger partial charge in [0.2, 0.25) is 0 Å². The van der Waals surface area contributed by atoms with Gasteiger partial charge in [-0.05, 0) is 37.7 Å². The molecule has 2 aliphatic heterocycles. The summed E-state index contributed by atoms with van der Waals surface area (Å²) in [6, 6.07) is 3.48. The maximum absolute atomic E-state index is 12.7. The predicted octanol–water partition coefficient (Wildman–Crippen LogP) is 1.90. The average Bonchev–Trinajstić information content (AvgIpc) is 3.00. The molecule has 3 heterocycles. The number of carbonyl (C=O) groups excluding carboxylic acids is 1. The first kappa shape index (κ1) is 14.6. The summed E-state index contributed by atoms with van der Waals surface area (Å²) in [6.45, 7) is 4.25. The molecule has 2 atom stereocenters. The average molecular weight is 290 g/mol. The van der Waals surface area contributed by atoms with Crippen LogP contribution in [0.1, 0.15) is 61.6 Å². The monoisotopic (exact) mass is 290 g/mol. The van der Waals surface area contributed by atoms with Crippen molar-refractivity contribution < 1.29 is 4.79 Å². The lowest BCUT2D eigenvalue weighted by molar-refractivity contribution is 0.0675. The van der Waals surface area contributed by atoms with Gasteiger partial charge in [-0.1, -0.05) is 13.8 Å². The predicted molar refractivity (Wildman–Crippen MR) is 82.4 cm³/mol. The highest BCUT2D eigenvalue weighted by molar-refractivity contribution is 5.92. The summed E-state index contributed by atoms with van der Waals surface area (Å²) in [7, 11) is 3.85. The van der Waals surface area contributed by atoms with E-state index in [2.05, 4.69) is 24.3 Å². The fourth-order valence-corrected chi connectivity index (χ4v) is 3.82. The number of carbonyl (C=O) groups is 1. The van der Waals surface area contributed by atoms with E-state index in [-0.39, 0.29) is 5.91 Å². The SMILES string of the molecule is CC(C)c1cc(C(=O)N(C)C2CC3CCC(C2)N3)nn1C. The zero-order valence-corrected chi connectivity index (χ0v) is 13.5. The van der Waals surface area contributed by atoms with Crippen molar-refractivity contribution in [3.05, 3.63) is 17.5 Å². The van der Waals surface area contributed by atoms with Crippen LogP contribution >= 0.6 is 0 Å². The number of hydrogen-bond acceptors (Lipinski definition) is 3. The summed E-state index contributed by atoms with van der Waals surface area (Å²) in [6.07, 6.45) is 4.65. The molecule has 5 nitrogen and oxygen atoms in total. The molecule has 21 heavy (non-hydrogen) atoms. The molecule has 0 saturated carbocycles. The highest BCUT2D eigenvalue weighted by Crippen LogP contribution is 2.30. The molecule has 0 aromatic carbocycles. The van der Waals surface area contributed by atoms with Crippen LogP contribution in [-0.4, -0.2) is 45.8 Å². The van der Waals surface area contributed by atoms with E-state index in [9.17, 15) is 4.79 Å². The molecular formula is C16H26N4O. The van der Waals surface area contributed by atoms with E-state index in [0.29, 0.717) is 29.7 Å². The van der Waals surface area contributed by atoms with Crippen LogP contribution in [0.2, 0.25) is 0 Å². The molecule has 2 bridgehead atoms. The molecule has 0 spiro atoms. The Bertz CT molecular complexity index is 524. The van der Waals surface area contributed by atoms with Gasteiger partial charge < -0.3 is 10.2 Å². The number of aromatic nitrogens is 2. The molecule has 0 radical (unpaired) electrons. The molecule has 1 aromatic heterocycles. The molecule has 0 aliphatic carbocycles. The lowest BCUT2D eigenvalue weighted by Gasteiger charge is -2.35. The van der Waals surface area contributed by atoms with Crippen molar-refractivity contribution in [2.24, 2.45) is 7.05 Å². The standard InChI is InChI=1S/C16H26N4O/c1-10(2)15-9-14(18-20(15)4)16(21)19(3)13-7-11-5-6-12(8-13)17-11/h9-13,17H,5-8H2,1-4H3. The van der Waals surface area contributed by atoms with Crippen molar-refractivity contribution in [3.63, 3.8) is 0 Å². The van der Waals surface area contributed by atoms with Crippen LogP contribution in [0, 0.1) is 0 Å². The first-order valence-corrected chi connectivity index (χ1v) is 8.03. The summed E-state index contributed by atoms with van der Waals surface area (Å²) in [5, 5.41) is 8.04. The Morgan fingerprint density at radius 3 is 2.52 bits per heavy atom. The maximum Gasteiger partial charge on any atom is 0.274 e. The second kappa shape index (κ2) is 5.44. The minimum atomic E-state index is 0.0591. The Morgan fingerprint density at radius 1 is 1.38 bits per heavy atom. The third-order valence-corrected chi connectivity index (χ3v) is 5.04. The maximum atomic E-state index is 12.7. The quantitative estimate of drug-likeness (QED) is 0.925. The topological polar surface area (TPSA) is 50.2 Å². The van der Waals surface area contributed by atoms with Gasteiger partial charge in [-0.15, -0.1) is 0 Å². The van der Waals surface area contributed by atoms with E-state index in [0.717, 1.165) is 18.5 Å². The molecule has 2 fully saturated rings. The van der Waals surface area contributed by atoms with Crippen LogP contribution in [-0.2, 0) is 7.05 Å². The smallest absolute Gasteiger partial charge is 0.274 e. The minimum Gasteiger partial charge on any atom is -0.337 e. The van der Waals surface area contributed by atoms with Crippen molar-refractivity contribution in [1.82, 2.24) is 20.0 Å².